The second kappa shape index (κ2) is 3.52. The Morgan fingerprint density at radius 3 is 2.64 bits per heavy atom. The molecular weight excluding hydrogens is 203 g/mol. The van der Waals surface area contributed by atoms with E-state index in [1.54, 1.807) is 0 Å². The molecule has 1 aromatic rings. The zero-order chi connectivity index (χ0) is 10.8. The smallest absolute Gasteiger partial charge is 0.491 e. The van der Waals surface area contributed by atoms with Crippen molar-refractivity contribution in [1.82, 2.24) is 4.98 Å². The number of carbonyl (C=O) groups is 1. The second-order valence-electron chi connectivity index (χ2n) is 2.21. The first kappa shape index (κ1) is 10.3. The maximum atomic E-state index is 11.7. The van der Waals surface area contributed by atoms with Crippen molar-refractivity contribution in [1.29, 1.82) is 0 Å². The summed E-state index contributed by atoms with van der Waals surface area (Å²) in [5, 5.41) is 8.92. The van der Waals surface area contributed by atoms with E-state index in [2.05, 4.69) is 9.72 Å². The fourth-order valence-electron chi connectivity index (χ4n) is 0.607. The van der Waals surface area contributed by atoms with Crippen LogP contribution in [0.25, 0.3) is 0 Å². The first-order valence-corrected chi connectivity index (χ1v) is 3.34. The summed E-state index contributed by atoms with van der Waals surface area (Å²) < 4.78 is 38.8. The molecule has 0 fully saturated rings. The van der Waals surface area contributed by atoms with Crippen molar-refractivity contribution in [3.63, 3.8) is 0 Å². The van der Waals surface area contributed by atoms with E-state index in [0.29, 0.717) is 0 Å². The number of carbonyl (C=O) groups excluding carboxylic acids is 1. The minimum atomic E-state index is -5.11. The number of hydrogen-bond acceptors (Lipinski definition) is 4. The van der Waals surface area contributed by atoms with Crippen molar-refractivity contribution < 1.29 is 27.8 Å². The average Bonchev–Trinajstić information content (AvgIpc) is 2.07. The average molecular weight is 207 g/mol. The number of halogens is 3. The lowest BCUT2D eigenvalue weighted by molar-refractivity contribution is -0.190. The molecule has 0 aromatic carbocycles. The number of alkyl halides is 3. The highest BCUT2D eigenvalue weighted by molar-refractivity contribution is 5.78. The topological polar surface area (TPSA) is 59.4 Å². The summed E-state index contributed by atoms with van der Waals surface area (Å²) in [4.78, 5) is 13.5. The molecule has 0 saturated heterocycles. The molecule has 4 nitrogen and oxygen atoms in total. The molecule has 0 radical (unpaired) electrons. The summed E-state index contributed by atoms with van der Waals surface area (Å²) in [5.74, 6) is -3.83. The highest BCUT2D eigenvalue weighted by atomic mass is 19.4. The van der Waals surface area contributed by atoms with Crippen LogP contribution in [0.15, 0.2) is 18.3 Å². The molecule has 0 aliphatic rings. The van der Waals surface area contributed by atoms with Crippen LogP contribution >= 0.6 is 0 Å². The molecule has 1 heterocycles. The van der Waals surface area contributed by atoms with Gasteiger partial charge in [0, 0.05) is 6.20 Å². The van der Waals surface area contributed by atoms with Crippen LogP contribution in [-0.4, -0.2) is 22.2 Å². The Morgan fingerprint density at radius 2 is 2.14 bits per heavy atom. The molecule has 0 bridgehead atoms. The quantitative estimate of drug-likeness (QED) is 0.704. The van der Waals surface area contributed by atoms with Gasteiger partial charge in [0.1, 0.15) is 0 Å². The van der Waals surface area contributed by atoms with Crippen molar-refractivity contribution in [2.45, 2.75) is 6.18 Å². The number of rotatable bonds is 1. The maximum absolute atomic E-state index is 11.7. The van der Waals surface area contributed by atoms with E-state index in [0.717, 1.165) is 12.3 Å². The van der Waals surface area contributed by atoms with Gasteiger partial charge in [0.25, 0.3) is 5.88 Å². The minimum Gasteiger partial charge on any atom is -0.503 e. The third-order valence-electron chi connectivity index (χ3n) is 1.17. The Morgan fingerprint density at radius 1 is 1.50 bits per heavy atom. The summed E-state index contributed by atoms with van der Waals surface area (Å²) in [5.41, 5.74) is 0. The Kier molecular flexibility index (Phi) is 2.59. The number of esters is 1. The van der Waals surface area contributed by atoms with Gasteiger partial charge in [0.15, 0.2) is 5.75 Å². The highest BCUT2D eigenvalue weighted by Gasteiger charge is 2.42. The summed E-state index contributed by atoms with van der Waals surface area (Å²) >= 11 is 0. The monoisotopic (exact) mass is 207 g/mol. The lowest BCUT2D eigenvalue weighted by atomic mass is 10.4. The molecule has 1 rings (SSSR count). The van der Waals surface area contributed by atoms with Gasteiger partial charge in [0.05, 0.1) is 0 Å². The summed E-state index contributed by atoms with van der Waals surface area (Å²) in [6, 6.07) is 2.33. The van der Waals surface area contributed by atoms with Gasteiger partial charge in [-0.1, -0.05) is 0 Å². The molecule has 76 valence electrons. The molecule has 0 aliphatic heterocycles. The Bertz CT molecular complexity index is 350. The number of aromatic hydroxyl groups is 1. The normalized spacial score (nSPS) is 11.1. The number of hydrogen-bond donors (Lipinski definition) is 1. The number of ether oxygens (including phenoxy) is 1. The molecule has 0 saturated carbocycles. The number of aromatic nitrogens is 1. The molecule has 0 atom stereocenters. The fourth-order valence-corrected chi connectivity index (χ4v) is 0.607. The Labute approximate surface area is 75.9 Å². The van der Waals surface area contributed by atoms with Gasteiger partial charge in [-0.3, -0.25) is 0 Å². The molecule has 14 heavy (non-hydrogen) atoms. The van der Waals surface area contributed by atoms with Crippen LogP contribution in [-0.2, 0) is 4.79 Å². The van der Waals surface area contributed by atoms with Crippen molar-refractivity contribution in [3.05, 3.63) is 18.3 Å². The molecule has 0 spiro atoms. The van der Waals surface area contributed by atoms with E-state index in [-0.39, 0.29) is 0 Å². The summed E-state index contributed by atoms with van der Waals surface area (Å²) in [6.45, 7) is 0. The first-order chi connectivity index (χ1) is 6.41. The van der Waals surface area contributed by atoms with Gasteiger partial charge in [-0.15, -0.1) is 0 Å². The lowest BCUT2D eigenvalue weighted by Gasteiger charge is -2.06. The maximum Gasteiger partial charge on any atom is 0.491 e. The van der Waals surface area contributed by atoms with Gasteiger partial charge < -0.3 is 9.84 Å². The Balaban J connectivity index is 2.80. The molecule has 0 amide bonds. The van der Waals surface area contributed by atoms with Gasteiger partial charge in [0.2, 0.25) is 0 Å². The van der Waals surface area contributed by atoms with Crippen LogP contribution in [0, 0.1) is 0 Å². The molecule has 7 heteroatoms. The molecule has 0 unspecified atom stereocenters. The lowest BCUT2D eigenvalue weighted by Crippen LogP contribution is -2.28. The number of pyridine rings is 1. The van der Waals surface area contributed by atoms with Crippen molar-refractivity contribution >= 4 is 5.97 Å². The third-order valence-corrected chi connectivity index (χ3v) is 1.17. The first-order valence-electron chi connectivity index (χ1n) is 3.34. The van der Waals surface area contributed by atoms with Crippen LogP contribution in [0.4, 0.5) is 13.2 Å². The summed E-state index contributed by atoms with van der Waals surface area (Å²) in [6.07, 6.45) is -4.03. The van der Waals surface area contributed by atoms with E-state index in [1.165, 1.54) is 6.07 Å². The summed E-state index contributed by atoms with van der Waals surface area (Å²) in [7, 11) is 0. The van der Waals surface area contributed by atoms with Crippen LogP contribution in [0.1, 0.15) is 0 Å². The SMILES string of the molecule is O=C(Oc1ncccc1O)C(F)(F)F. The number of nitrogens with zero attached hydrogens (tertiary/aromatic N) is 1. The Hall–Kier alpha value is -1.79. The van der Waals surface area contributed by atoms with Crippen LogP contribution in [0.5, 0.6) is 11.6 Å². The van der Waals surface area contributed by atoms with Crippen molar-refractivity contribution in [3.8, 4) is 11.6 Å². The molecule has 1 N–H and O–H groups in total. The predicted octanol–water partition coefficient (Wildman–Crippen LogP) is 1.25. The van der Waals surface area contributed by atoms with Gasteiger partial charge >= 0.3 is 12.1 Å². The van der Waals surface area contributed by atoms with E-state index in [1.807, 2.05) is 0 Å². The zero-order valence-corrected chi connectivity index (χ0v) is 6.58. The van der Waals surface area contributed by atoms with Crippen LogP contribution < -0.4 is 4.74 Å². The highest BCUT2D eigenvalue weighted by Crippen LogP contribution is 2.24. The van der Waals surface area contributed by atoms with Crippen LogP contribution in [0.2, 0.25) is 0 Å². The van der Waals surface area contributed by atoms with Crippen molar-refractivity contribution in [2.75, 3.05) is 0 Å². The molecule has 0 aliphatic carbocycles. The largest absolute Gasteiger partial charge is 0.503 e. The van der Waals surface area contributed by atoms with E-state index >= 15 is 0 Å². The van der Waals surface area contributed by atoms with Gasteiger partial charge in [-0.2, -0.15) is 13.2 Å². The third kappa shape index (κ3) is 2.35. The second-order valence-corrected chi connectivity index (χ2v) is 2.21. The minimum absolute atomic E-state index is 0.634. The predicted molar refractivity (Wildman–Crippen MR) is 37.6 cm³/mol. The molecule has 1 aromatic heterocycles. The van der Waals surface area contributed by atoms with Crippen LogP contribution in [0.3, 0.4) is 0 Å². The van der Waals surface area contributed by atoms with Crippen molar-refractivity contribution in [2.24, 2.45) is 0 Å². The van der Waals surface area contributed by atoms with E-state index in [4.69, 9.17) is 5.11 Å². The standard InChI is InChI=1S/C7H4F3NO3/c8-7(9,10)6(13)14-5-4(12)2-1-3-11-5/h1-3,12H. The van der Waals surface area contributed by atoms with E-state index in [9.17, 15) is 18.0 Å². The zero-order valence-electron chi connectivity index (χ0n) is 6.58. The van der Waals surface area contributed by atoms with Gasteiger partial charge in [-0.05, 0) is 12.1 Å². The van der Waals surface area contributed by atoms with E-state index < -0.39 is 23.8 Å². The molecular formula is C7H4F3NO3. The van der Waals surface area contributed by atoms with Gasteiger partial charge in [-0.25, -0.2) is 9.78 Å². The fraction of sp³-hybridized carbons (Fsp3) is 0.143.